The molecule has 0 aliphatic heterocycles. The van der Waals surface area contributed by atoms with E-state index in [0.29, 0.717) is 18.2 Å². The largest absolute Gasteiger partial charge is 0.476 e. The van der Waals surface area contributed by atoms with E-state index in [1.165, 1.54) is 6.08 Å². The molecule has 0 amide bonds. The van der Waals surface area contributed by atoms with Gasteiger partial charge >= 0.3 is 0 Å². The summed E-state index contributed by atoms with van der Waals surface area (Å²) in [5, 5.41) is 13.0. The van der Waals surface area contributed by atoms with Gasteiger partial charge in [-0.2, -0.15) is 0 Å². The summed E-state index contributed by atoms with van der Waals surface area (Å²) in [5.74, 6) is 0.765. The molecule has 14 heavy (non-hydrogen) atoms. The molecule has 0 aliphatic carbocycles. The highest BCUT2D eigenvalue weighted by molar-refractivity contribution is 5.15. The highest BCUT2D eigenvalue weighted by Gasteiger charge is 2.10. The Balaban J connectivity index is 2.46. The number of ether oxygens (including phenoxy) is 1. The van der Waals surface area contributed by atoms with Crippen molar-refractivity contribution in [1.29, 1.82) is 0 Å². The molecule has 1 atom stereocenters. The van der Waals surface area contributed by atoms with Crippen LogP contribution in [-0.4, -0.2) is 16.9 Å². The van der Waals surface area contributed by atoms with Crippen LogP contribution in [0.5, 0.6) is 5.88 Å². The van der Waals surface area contributed by atoms with Gasteiger partial charge in [-0.05, 0) is 11.6 Å². The molecule has 1 N–H and O–H groups in total. The molecule has 4 nitrogen and oxygen atoms in total. The zero-order valence-corrected chi connectivity index (χ0v) is 8.27. The monoisotopic (exact) mass is 197 g/mol. The van der Waals surface area contributed by atoms with E-state index in [9.17, 15) is 5.11 Å². The molecule has 0 saturated heterocycles. The third kappa shape index (κ3) is 2.88. The van der Waals surface area contributed by atoms with E-state index in [4.69, 9.17) is 9.26 Å². The number of unbranched alkanes of at least 4 members (excludes halogenated alkanes) is 1. The number of aliphatic hydroxyl groups excluding tert-OH is 1. The molecule has 1 aromatic heterocycles. The van der Waals surface area contributed by atoms with Gasteiger partial charge in [0.15, 0.2) is 5.76 Å². The first-order valence-corrected chi connectivity index (χ1v) is 4.68. The third-order valence-corrected chi connectivity index (χ3v) is 1.77. The molecule has 0 radical (unpaired) electrons. The standard InChI is InChI=1S/C10H15NO3/c1-3-5-6-13-10-7-9(14-11-10)8(12)4-2/h4,7-8,12H,2-3,5-6H2,1H3. The lowest BCUT2D eigenvalue weighted by Gasteiger charge is -1.98. The number of hydrogen-bond acceptors (Lipinski definition) is 4. The fourth-order valence-electron chi connectivity index (χ4n) is 0.917. The molecular weight excluding hydrogens is 182 g/mol. The first kappa shape index (κ1) is 10.8. The van der Waals surface area contributed by atoms with Gasteiger partial charge in [0.2, 0.25) is 0 Å². The van der Waals surface area contributed by atoms with Crippen LogP contribution in [0.4, 0.5) is 0 Å². The summed E-state index contributed by atoms with van der Waals surface area (Å²) in [6.07, 6.45) is 2.61. The summed E-state index contributed by atoms with van der Waals surface area (Å²) in [5.41, 5.74) is 0. The zero-order chi connectivity index (χ0) is 10.4. The van der Waals surface area contributed by atoms with Crippen molar-refractivity contribution in [2.75, 3.05) is 6.61 Å². The Morgan fingerprint density at radius 2 is 2.57 bits per heavy atom. The van der Waals surface area contributed by atoms with Gasteiger partial charge in [0.1, 0.15) is 6.10 Å². The molecule has 1 rings (SSSR count). The predicted octanol–water partition coefficient (Wildman–Crippen LogP) is 2.07. The zero-order valence-electron chi connectivity index (χ0n) is 8.27. The molecule has 0 fully saturated rings. The topological polar surface area (TPSA) is 55.5 Å². The van der Waals surface area contributed by atoms with Gasteiger partial charge in [-0.1, -0.05) is 19.4 Å². The van der Waals surface area contributed by atoms with Crippen molar-refractivity contribution in [2.45, 2.75) is 25.9 Å². The van der Waals surface area contributed by atoms with Crippen molar-refractivity contribution in [3.05, 3.63) is 24.5 Å². The summed E-state index contributed by atoms with van der Waals surface area (Å²) in [6, 6.07) is 1.57. The highest BCUT2D eigenvalue weighted by atomic mass is 16.5. The molecule has 1 heterocycles. The summed E-state index contributed by atoms with van der Waals surface area (Å²) < 4.78 is 10.1. The van der Waals surface area contributed by atoms with Crippen LogP contribution in [0.1, 0.15) is 31.6 Å². The number of nitrogens with zero attached hydrogens (tertiary/aromatic N) is 1. The van der Waals surface area contributed by atoms with Crippen LogP contribution in [-0.2, 0) is 0 Å². The Kier molecular flexibility index (Phi) is 4.19. The first-order chi connectivity index (χ1) is 6.77. The molecule has 0 aliphatic rings. The highest BCUT2D eigenvalue weighted by Crippen LogP contribution is 2.19. The summed E-state index contributed by atoms with van der Waals surface area (Å²) in [6.45, 7) is 6.14. The van der Waals surface area contributed by atoms with E-state index in [1.807, 2.05) is 0 Å². The van der Waals surface area contributed by atoms with E-state index in [-0.39, 0.29) is 0 Å². The van der Waals surface area contributed by atoms with E-state index < -0.39 is 6.10 Å². The Morgan fingerprint density at radius 1 is 1.79 bits per heavy atom. The van der Waals surface area contributed by atoms with Gasteiger partial charge in [0.25, 0.3) is 5.88 Å². The number of hydrogen-bond donors (Lipinski definition) is 1. The minimum atomic E-state index is -0.814. The average molecular weight is 197 g/mol. The Hall–Kier alpha value is -1.29. The Bertz CT molecular complexity index is 283. The number of aromatic nitrogens is 1. The number of aliphatic hydroxyl groups is 1. The molecule has 0 saturated carbocycles. The van der Waals surface area contributed by atoms with Crippen LogP contribution >= 0.6 is 0 Å². The van der Waals surface area contributed by atoms with E-state index in [2.05, 4.69) is 18.7 Å². The van der Waals surface area contributed by atoms with Crippen molar-refractivity contribution in [3.8, 4) is 5.88 Å². The van der Waals surface area contributed by atoms with Crippen LogP contribution < -0.4 is 4.74 Å². The van der Waals surface area contributed by atoms with Gasteiger partial charge in [-0.3, -0.25) is 0 Å². The lowest BCUT2D eigenvalue weighted by Crippen LogP contribution is -1.96. The van der Waals surface area contributed by atoms with Crippen LogP contribution in [0.25, 0.3) is 0 Å². The molecule has 0 spiro atoms. The first-order valence-electron chi connectivity index (χ1n) is 4.68. The van der Waals surface area contributed by atoms with Crippen molar-refractivity contribution >= 4 is 0 Å². The second-order valence-corrected chi connectivity index (χ2v) is 2.95. The summed E-state index contributed by atoms with van der Waals surface area (Å²) in [4.78, 5) is 0. The van der Waals surface area contributed by atoms with Crippen LogP contribution in [0.3, 0.4) is 0 Å². The SMILES string of the molecule is C=CC(O)c1cc(OCCCC)no1. The molecular formula is C10H15NO3. The van der Waals surface area contributed by atoms with E-state index >= 15 is 0 Å². The van der Waals surface area contributed by atoms with Crippen LogP contribution in [0, 0.1) is 0 Å². The van der Waals surface area contributed by atoms with Gasteiger partial charge in [0.05, 0.1) is 6.61 Å². The van der Waals surface area contributed by atoms with Crippen LogP contribution in [0.15, 0.2) is 23.2 Å². The Morgan fingerprint density at radius 3 is 3.21 bits per heavy atom. The van der Waals surface area contributed by atoms with Crippen molar-refractivity contribution in [3.63, 3.8) is 0 Å². The van der Waals surface area contributed by atoms with Gasteiger partial charge < -0.3 is 14.4 Å². The molecule has 0 aromatic carbocycles. The third-order valence-electron chi connectivity index (χ3n) is 1.77. The van der Waals surface area contributed by atoms with Crippen molar-refractivity contribution in [1.82, 2.24) is 5.16 Å². The molecule has 4 heteroatoms. The smallest absolute Gasteiger partial charge is 0.254 e. The summed E-state index contributed by atoms with van der Waals surface area (Å²) >= 11 is 0. The molecule has 1 unspecified atom stereocenters. The Labute approximate surface area is 83.2 Å². The van der Waals surface area contributed by atoms with Crippen molar-refractivity contribution < 1.29 is 14.4 Å². The minimum Gasteiger partial charge on any atom is -0.476 e. The van der Waals surface area contributed by atoms with Crippen molar-refractivity contribution in [2.24, 2.45) is 0 Å². The maximum atomic E-state index is 9.31. The quantitative estimate of drug-likeness (QED) is 0.560. The predicted molar refractivity (Wildman–Crippen MR) is 52.1 cm³/mol. The lowest BCUT2D eigenvalue weighted by atomic mass is 10.3. The molecule has 1 aromatic rings. The lowest BCUT2D eigenvalue weighted by molar-refractivity contribution is 0.181. The normalized spacial score (nSPS) is 12.4. The van der Waals surface area contributed by atoms with Gasteiger partial charge in [-0.25, -0.2) is 0 Å². The summed E-state index contributed by atoms with van der Waals surface area (Å²) in [7, 11) is 0. The van der Waals surface area contributed by atoms with E-state index in [1.54, 1.807) is 6.07 Å². The average Bonchev–Trinajstić information content (AvgIpc) is 2.66. The second-order valence-electron chi connectivity index (χ2n) is 2.95. The van der Waals surface area contributed by atoms with Gasteiger partial charge in [-0.15, -0.1) is 6.58 Å². The molecule has 0 bridgehead atoms. The van der Waals surface area contributed by atoms with E-state index in [0.717, 1.165) is 12.8 Å². The minimum absolute atomic E-state index is 0.353. The molecule has 78 valence electrons. The van der Waals surface area contributed by atoms with Gasteiger partial charge in [0, 0.05) is 6.07 Å². The number of rotatable bonds is 6. The maximum absolute atomic E-state index is 9.31. The second kappa shape index (κ2) is 5.44. The fourth-order valence-corrected chi connectivity index (χ4v) is 0.917. The maximum Gasteiger partial charge on any atom is 0.254 e. The fraction of sp³-hybridized carbons (Fsp3) is 0.500. The van der Waals surface area contributed by atoms with Crippen LogP contribution in [0.2, 0.25) is 0 Å².